The summed E-state index contributed by atoms with van der Waals surface area (Å²) >= 11 is 0. The Hall–Kier alpha value is -2.91. The predicted octanol–water partition coefficient (Wildman–Crippen LogP) is 2.70. The van der Waals surface area contributed by atoms with Gasteiger partial charge in [0.2, 0.25) is 15.9 Å². The zero-order valence-corrected chi connectivity index (χ0v) is 17.9. The van der Waals surface area contributed by atoms with E-state index in [0.29, 0.717) is 29.8 Å². The van der Waals surface area contributed by atoms with Crippen LogP contribution < -0.4 is 14.8 Å². The summed E-state index contributed by atoms with van der Waals surface area (Å²) in [5.41, 5.74) is 0.739. The summed E-state index contributed by atoms with van der Waals surface area (Å²) in [5.74, 6) is 0.0412. The molecule has 3 rings (SSSR count). The molecule has 1 amide bonds. The van der Waals surface area contributed by atoms with Crippen molar-refractivity contribution < 1.29 is 27.5 Å². The van der Waals surface area contributed by atoms with Crippen molar-refractivity contribution in [2.45, 2.75) is 30.7 Å². The number of carbonyl (C=O) groups excluding carboxylic acids is 2. The highest BCUT2D eigenvalue weighted by Crippen LogP contribution is 2.33. The molecule has 1 N–H and O–H groups in total. The minimum Gasteiger partial charge on any atom is -0.493 e. The highest BCUT2D eigenvalue weighted by molar-refractivity contribution is 7.89. The van der Waals surface area contributed by atoms with Crippen LogP contribution in [-0.4, -0.2) is 51.2 Å². The fraction of sp³-hybridized carbons (Fsp3) is 0.333. The van der Waals surface area contributed by atoms with E-state index in [1.54, 1.807) is 24.3 Å². The lowest BCUT2D eigenvalue weighted by atomic mass is 10.1. The Labute approximate surface area is 175 Å². The van der Waals surface area contributed by atoms with Crippen molar-refractivity contribution in [2.75, 3.05) is 26.1 Å². The van der Waals surface area contributed by atoms with E-state index >= 15 is 0 Å². The standard InChI is InChI=1S/C21H24N2O6S/c1-14(24)16-7-4-5-8-17(16)22-21(25)18-9-6-12-23(18)30(26,27)15-10-11-19(28-2)20(13-15)29-3/h4-5,7-8,10-11,13,18H,6,9,12H2,1-3H3,(H,22,25). The monoisotopic (exact) mass is 432 g/mol. The molecule has 1 aliphatic heterocycles. The lowest BCUT2D eigenvalue weighted by molar-refractivity contribution is -0.119. The van der Waals surface area contributed by atoms with Crippen molar-refractivity contribution in [1.29, 1.82) is 0 Å². The van der Waals surface area contributed by atoms with Gasteiger partial charge in [-0.05, 0) is 44.0 Å². The molecule has 30 heavy (non-hydrogen) atoms. The summed E-state index contributed by atoms with van der Waals surface area (Å²) in [4.78, 5) is 24.8. The Morgan fingerprint density at radius 1 is 1.07 bits per heavy atom. The Bertz CT molecular complexity index is 1070. The normalized spacial score (nSPS) is 16.8. The van der Waals surface area contributed by atoms with Crippen LogP contribution in [0.4, 0.5) is 5.69 Å². The number of nitrogens with one attached hydrogen (secondary N) is 1. The summed E-state index contributed by atoms with van der Waals surface area (Å²) in [7, 11) is -1.05. The molecule has 160 valence electrons. The van der Waals surface area contributed by atoms with Gasteiger partial charge in [0, 0.05) is 18.2 Å². The van der Waals surface area contributed by atoms with Gasteiger partial charge in [0.25, 0.3) is 0 Å². The molecule has 0 bridgehead atoms. The SMILES string of the molecule is COc1ccc(S(=O)(=O)N2CCCC2C(=O)Nc2ccccc2C(C)=O)cc1OC. The summed E-state index contributed by atoms with van der Waals surface area (Å²) in [6.45, 7) is 1.64. The third kappa shape index (κ3) is 4.17. The maximum atomic E-state index is 13.2. The van der Waals surface area contributed by atoms with Gasteiger partial charge in [0.05, 0.1) is 24.8 Å². The van der Waals surface area contributed by atoms with Gasteiger partial charge in [-0.2, -0.15) is 4.31 Å². The van der Waals surface area contributed by atoms with Gasteiger partial charge >= 0.3 is 0 Å². The van der Waals surface area contributed by atoms with E-state index in [0.717, 1.165) is 0 Å². The number of amides is 1. The van der Waals surface area contributed by atoms with Gasteiger partial charge in [0.1, 0.15) is 6.04 Å². The van der Waals surface area contributed by atoms with Crippen molar-refractivity contribution in [3.8, 4) is 11.5 Å². The highest BCUT2D eigenvalue weighted by Gasteiger charge is 2.40. The Kier molecular flexibility index (Phi) is 6.42. The average molecular weight is 432 g/mol. The molecule has 1 fully saturated rings. The topological polar surface area (TPSA) is 102 Å². The zero-order valence-electron chi connectivity index (χ0n) is 17.0. The molecule has 0 saturated carbocycles. The Balaban J connectivity index is 1.88. The number of ketones is 1. The highest BCUT2D eigenvalue weighted by atomic mass is 32.2. The molecule has 2 aromatic rings. The number of hydrogen-bond donors (Lipinski definition) is 1. The number of Topliss-reactive ketones (excluding diaryl/α,β-unsaturated/α-hetero) is 1. The predicted molar refractivity (Wildman–Crippen MR) is 112 cm³/mol. The lowest BCUT2D eigenvalue weighted by Crippen LogP contribution is -2.43. The molecule has 1 heterocycles. The van der Waals surface area contributed by atoms with E-state index in [1.165, 1.54) is 43.6 Å². The van der Waals surface area contributed by atoms with Crippen molar-refractivity contribution in [3.05, 3.63) is 48.0 Å². The molecule has 8 nitrogen and oxygen atoms in total. The van der Waals surface area contributed by atoms with Crippen LogP contribution in [0.25, 0.3) is 0 Å². The molecule has 0 aliphatic carbocycles. The molecular formula is C21H24N2O6S. The first-order chi connectivity index (χ1) is 14.3. The minimum absolute atomic E-state index is 0.0176. The second-order valence-electron chi connectivity index (χ2n) is 6.88. The van der Waals surface area contributed by atoms with Crippen LogP contribution in [0.15, 0.2) is 47.4 Å². The van der Waals surface area contributed by atoms with E-state index in [2.05, 4.69) is 5.32 Å². The average Bonchev–Trinajstić information content (AvgIpc) is 3.24. The zero-order chi connectivity index (χ0) is 21.9. The summed E-state index contributed by atoms with van der Waals surface area (Å²) < 4.78 is 38.0. The molecule has 2 aromatic carbocycles. The van der Waals surface area contributed by atoms with Gasteiger partial charge in [-0.15, -0.1) is 0 Å². The smallest absolute Gasteiger partial charge is 0.243 e. The first-order valence-corrected chi connectivity index (χ1v) is 10.9. The molecule has 1 aliphatic rings. The second-order valence-corrected chi connectivity index (χ2v) is 8.77. The van der Waals surface area contributed by atoms with Gasteiger partial charge in [-0.25, -0.2) is 8.42 Å². The van der Waals surface area contributed by atoms with Gasteiger partial charge in [0.15, 0.2) is 17.3 Å². The van der Waals surface area contributed by atoms with Crippen LogP contribution in [-0.2, 0) is 14.8 Å². The van der Waals surface area contributed by atoms with Gasteiger partial charge in [-0.1, -0.05) is 12.1 Å². The van der Waals surface area contributed by atoms with Crippen molar-refractivity contribution in [3.63, 3.8) is 0 Å². The fourth-order valence-corrected chi connectivity index (χ4v) is 5.19. The number of nitrogens with zero attached hydrogens (tertiary/aromatic N) is 1. The number of para-hydroxylation sites is 1. The van der Waals surface area contributed by atoms with E-state index < -0.39 is 22.0 Å². The number of ether oxygens (including phenoxy) is 2. The molecule has 0 spiro atoms. The number of benzene rings is 2. The Morgan fingerprint density at radius 3 is 2.43 bits per heavy atom. The Morgan fingerprint density at radius 2 is 1.77 bits per heavy atom. The van der Waals surface area contributed by atoms with Crippen LogP contribution in [0.1, 0.15) is 30.1 Å². The van der Waals surface area contributed by atoms with Crippen molar-refractivity contribution in [2.24, 2.45) is 0 Å². The molecule has 1 atom stereocenters. The third-order valence-electron chi connectivity index (χ3n) is 5.03. The third-order valence-corrected chi connectivity index (χ3v) is 6.94. The molecule has 1 unspecified atom stereocenters. The second kappa shape index (κ2) is 8.85. The number of hydrogen-bond acceptors (Lipinski definition) is 6. The molecule has 1 saturated heterocycles. The molecule has 0 aromatic heterocycles. The lowest BCUT2D eigenvalue weighted by Gasteiger charge is -2.24. The molecular weight excluding hydrogens is 408 g/mol. The van der Waals surface area contributed by atoms with Crippen LogP contribution in [0.5, 0.6) is 11.5 Å². The molecule has 9 heteroatoms. The number of methoxy groups -OCH3 is 2. The van der Waals surface area contributed by atoms with E-state index in [4.69, 9.17) is 9.47 Å². The summed E-state index contributed by atoms with van der Waals surface area (Å²) in [5, 5.41) is 2.72. The number of sulfonamides is 1. The summed E-state index contributed by atoms with van der Waals surface area (Å²) in [6.07, 6.45) is 0.944. The first kappa shape index (κ1) is 21.8. The maximum absolute atomic E-state index is 13.2. The van der Waals surface area contributed by atoms with Crippen LogP contribution in [0, 0.1) is 0 Å². The van der Waals surface area contributed by atoms with Crippen molar-refractivity contribution in [1.82, 2.24) is 4.31 Å². The summed E-state index contributed by atoms with van der Waals surface area (Å²) in [6, 6.07) is 10.1. The van der Waals surface area contributed by atoms with E-state index in [1.807, 2.05) is 0 Å². The number of carbonyl (C=O) groups is 2. The number of anilines is 1. The molecule has 0 radical (unpaired) electrons. The minimum atomic E-state index is -3.94. The van der Waals surface area contributed by atoms with Crippen LogP contribution in [0.2, 0.25) is 0 Å². The van der Waals surface area contributed by atoms with E-state index in [-0.39, 0.29) is 23.0 Å². The van der Waals surface area contributed by atoms with Crippen LogP contribution >= 0.6 is 0 Å². The largest absolute Gasteiger partial charge is 0.493 e. The number of rotatable bonds is 7. The van der Waals surface area contributed by atoms with E-state index in [9.17, 15) is 18.0 Å². The first-order valence-electron chi connectivity index (χ1n) is 9.44. The van der Waals surface area contributed by atoms with Gasteiger partial charge in [-0.3, -0.25) is 9.59 Å². The van der Waals surface area contributed by atoms with Crippen LogP contribution in [0.3, 0.4) is 0 Å². The van der Waals surface area contributed by atoms with Gasteiger partial charge < -0.3 is 14.8 Å². The maximum Gasteiger partial charge on any atom is 0.243 e. The quantitative estimate of drug-likeness (QED) is 0.675. The van der Waals surface area contributed by atoms with Crippen molar-refractivity contribution >= 4 is 27.4 Å². The fourth-order valence-electron chi connectivity index (χ4n) is 3.52.